The number of aromatic nitrogens is 1. The van der Waals surface area contributed by atoms with Crippen molar-refractivity contribution in [3.05, 3.63) is 179 Å². The molecule has 2 aliphatic rings. The lowest BCUT2D eigenvalue weighted by atomic mass is 9.33. The Morgan fingerprint density at radius 1 is 0.486 bits per heavy atom. The Hall–Kier alpha value is -7.02. The number of furan rings is 1. The number of para-hydroxylation sites is 2. The molecule has 6 heteroatoms. The lowest BCUT2D eigenvalue weighted by Crippen LogP contribution is -2.60. The summed E-state index contributed by atoms with van der Waals surface area (Å²) in [4.78, 5) is 6.43. The molecule has 0 bridgehead atoms. The third-order valence-corrected chi connectivity index (χ3v) is 16.6. The zero-order valence-electron chi connectivity index (χ0n) is 42.2. The lowest BCUT2D eigenvalue weighted by Gasteiger charge is -2.42. The number of hydrogen-bond donors (Lipinski definition) is 0. The Morgan fingerprint density at radius 3 is 1.79 bits per heavy atom. The molecule has 3 aromatic heterocycles. The molecule has 0 atom stereocenters. The van der Waals surface area contributed by atoms with Gasteiger partial charge in [-0.15, -0.1) is 11.3 Å². The van der Waals surface area contributed by atoms with Gasteiger partial charge in [-0.05, 0) is 135 Å². The van der Waals surface area contributed by atoms with E-state index in [0.717, 1.165) is 33.3 Å². The molecular formula is C64H58BN3OS. The van der Waals surface area contributed by atoms with Gasteiger partial charge in [-0.3, -0.25) is 0 Å². The fourth-order valence-corrected chi connectivity index (χ4v) is 13.1. The van der Waals surface area contributed by atoms with Gasteiger partial charge in [0.15, 0.2) is 0 Å². The maximum Gasteiger partial charge on any atom is 0.252 e. The van der Waals surface area contributed by atoms with Crippen LogP contribution in [0.1, 0.15) is 90.1 Å². The van der Waals surface area contributed by atoms with Crippen molar-refractivity contribution in [2.45, 2.75) is 92.4 Å². The molecule has 0 saturated heterocycles. The molecule has 8 aromatic carbocycles. The van der Waals surface area contributed by atoms with Crippen molar-refractivity contribution in [1.29, 1.82) is 0 Å². The van der Waals surface area contributed by atoms with Gasteiger partial charge in [-0.1, -0.05) is 153 Å². The van der Waals surface area contributed by atoms with Crippen molar-refractivity contribution in [2.24, 2.45) is 0 Å². The van der Waals surface area contributed by atoms with Crippen LogP contribution in [0.5, 0.6) is 0 Å². The first kappa shape index (κ1) is 43.0. The van der Waals surface area contributed by atoms with Crippen molar-refractivity contribution >= 4 is 122 Å². The Morgan fingerprint density at radius 2 is 1.10 bits per heavy atom. The molecule has 2 aliphatic heterocycles. The molecule has 0 N–H and O–H groups in total. The topological polar surface area (TPSA) is 24.6 Å². The summed E-state index contributed by atoms with van der Waals surface area (Å²) in [6, 6.07) is 57.7. The first-order valence-electron chi connectivity index (χ1n) is 25.0. The molecule has 0 unspecified atom stereocenters. The number of nitrogens with zero attached hydrogens (tertiary/aromatic N) is 3. The molecule has 0 fully saturated rings. The number of thiophene rings is 1. The van der Waals surface area contributed by atoms with E-state index in [0.29, 0.717) is 0 Å². The molecule has 344 valence electrons. The Bertz CT molecular complexity index is 3950. The van der Waals surface area contributed by atoms with Crippen molar-refractivity contribution in [2.75, 3.05) is 9.80 Å². The third kappa shape index (κ3) is 6.21. The molecule has 13 rings (SSSR count). The van der Waals surface area contributed by atoms with Crippen molar-refractivity contribution in [3.8, 4) is 5.69 Å². The second kappa shape index (κ2) is 14.8. The standard InChI is InChI=1S/C64H58BN3OS/c1-37-32-39(62(3,4)5)26-30-48(37)66(49-31-27-40(33-38(49)2)63(6,7)8)42-28-29-46-51(36-42)67(50-22-17-24-55-58(50)43-18-12-14-23-54(43)69-55)52-34-41(64(9,10)11)35-53-59(52)65(46)47-21-16-20-45-57-44-19-13-15-25-56(44)70-61(57)68(53)60(45)47/h12-36H,1-11H3. The van der Waals surface area contributed by atoms with Crippen LogP contribution in [0.2, 0.25) is 0 Å². The van der Waals surface area contributed by atoms with Gasteiger partial charge in [-0.25, -0.2) is 0 Å². The number of benzene rings is 8. The van der Waals surface area contributed by atoms with Gasteiger partial charge in [0, 0.05) is 60.4 Å². The van der Waals surface area contributed by atoms with E-state index in [-0.39, 0.29) is 23.0 Å². The fourth-order valence-electron chi connectivity index (χ4n) is 11.8. The monoisotopic (exact) mass is 927 g/mol. The predicted octanol–water partition coefficient (Wildman–Crippen LogP) is 16.5. The van der Waals surface area contributed by atoms with Crippen LogP contribution >= 0.6 is 11.3 Å². The maximum absolute atomic E-state index is 6.70. The molecule has 0 aliphatic carbocycles. The summed E-state index contributed by atoms with van der Waals surface area (Å²) in [5, 5.41) is 6.23. The summed E-state index contributed by atoms with van der Waals surface area (Å²) >= 11 is 1.92. The molecular weight excluding hydrogens is 870 g/mol. The predicted molar refractivity (Wildman–Crippen MR) is 303 cm³/mol. The number of rotatable bonds is 4. The van der Waals surface area contributed by atoms with Crippen LogP contribution in [-0.4, -0.2) is 11.3 Å². The van der Waals surface area contributed by atoms with E-state index >= 15 is 0 Å². The zero-order valence-corrected chi connectivity index (χ0v) is 43.0. The minimum atomic E-state index is -0.143. The molecule has 70 heavy (non-hydrogen) atoms. The van der Waals surface area contributed by atoms with Gasteiger partial charge < -0.3 is 18.8 Å². The minimum Gasteiger partial charge on any atom is -0.456 e. The second-order valence-electron chi connectivity index (χ2n) is 23.1. The summed E-state index contributed by atoms with van der Waals surface area (Å²) in [7, 11) is 0. The molecule has 0 saturated carbocycles. The van der Waals surface area contributed by atoms with Crippen LogP contribution in [0.4, 0.5) is 34.1 Å². The summed E-state index contributed by atoms with van der Waals surface area (Å²) in [5.41, 5.74) is 21.7. The second-order valence-corrected chi connectivity index (χ2v) is 24.2. The van der Waals surface area contributed by atoms with E-state index in [2.05, 4.69) is 242 Å². The van der Waals surface area contributed by atoms with Crippen LogP contribution < -0.4 is 26.2 Å². The summed E-state index contributed by atoms with van der Waals surface area (Å²) in [6.07, 6.45) is 0. The van der Waals surface area contributed by atoms with Gasteiger partial charge in [0.05, 0.1) is 16.6 Å². The number of anilines is 6. The summed E-state index contributed by atoms with van der Waals surface area (Å²) in [5.74, 6) is 0. The van der Waals surface area contributed by atoms with E-state index in [1.165, 1.54) is 104 Å². The van der Waals surface area contributed by atoms with Crippen LogP contribution in [0, 0.1) is 13.8 Å². The Labute approximate surface area is 415 Å². The highest BCUT2D eigenvalue weighted by atomic mass is 32.1. The van der Waals surface area contributed by atoms with Crippen molar-refractivity contribution < 1.29 is 4.42 Å². The highest BCUT2D eigenvalue weighted by Crippen LogP contribution is 2.50. The highest BCUT2D eigenvalue weighted by Gasteiger charge is 2.44. The van der Waals surface area contributed by atoms with E-state index in [9.17, 15) is 0 Å². The Kier molecular flexibility index (Phi) is 9.07. The highest BCUT2D eigenvalue weighted by molar-refractivity contribution is 7.26. The van der Waals surface area contributed by atoms with E-state index < -0.39 is 0 Å². The van der Waals surface area contributed by atoms with Crippen LogP contribution in [0.15, 0.2) is 156 Å². The summed E-state index contributed by atoms with van der Waals surface area (Å²) in [6.45, 7) is 25.5. The Balaban J connectivity index is 1.16. The number of hydrogen-bond acceptors (Lipinski definition) is 4. The fraction of sp³-hybridized carbons (Fsp3) is 0.219. The molecule has 11 aromatic rings. The van der Waals surface area contributed by atoms with Crippen LogP contribution in [0.25, 0.3) is 58.8 Å². The van der Waals surface area contributed by atoms with Gasteiger partial charge in [0.1, 0.15) is 16.0 Å². The average molecular weight is 928 g/mol. The smallest absolute Gasteiger partial charge is 0.252 e. The van der Waals surface area contributed by atoms with Crippen molar-refractivity contribution in [3.63, 3.8) is 0 Å². The quantitative estimate of drug-likeness (QED) is 0.164. The van der Waals surface area contributed by atoms with Gasteiger partial charge in [0.25, 0.3) is 6.71 Å². The molecule has 5 heterocycles. The lowest BCUT2D eigenvalue weighted by molar-refractivity contribution is 0.589. The first-order valence-corrected chi connectivity index (χ1v) is 25.8. The SMILES string of the molecule is Cc1cc(C(C)(C)C)ccc1N(c1ccc2c(c1)N(c1cccc3oc4ccccc4c13)c1cc(C(C)(C)C)cc3c1B2c1cccc2c4c5ccccc5sc4n-3c12)c1ccc(C(C)(C)C)cc1C. The van der Waals surface area contributed by atoms with E-state index in [4.69, 9.17) is 4.42 Å². The average Bonchev–Trinajstić information content (AvgIpc) is 4.00. The molecule has 0 radical (unpaired) electrons. The normalized spacial score (nSPS) is 13.6. The third-order valence-electron chi connectivity index (χ3n) is 15.5. The molecule has 4 nitrogen and oxygen atoms in total. The number of aryl methyl sites for hydroxylation is 2. The largest absolute Gasteiger partial charge is 0.456 e. The maximum atomic E-state index is 6.70. The summed E-state index contributed by atoms with van der Waals surface area (Å²) < 4.78 is 10.7. The van der Waals surface area contributed by atoms with Crippen molar-refractivity contribution in [1.82, 2.24) is 4.57 Å². The van der Waals surface area contributed by atoms with Gasteiger partial charge >= 0.3 is 0 Å². The van der Waals surface area contributed by atoms with E-state index in [1.807, 2.05) is 11.3 Å². The molecule has 0 amide bonds. The van der Waals surface area contributed by atoms with Gasteiger partial charge in [0.2, 0.25) is 0 Å². The van der Waals surface area contributed by atoms with E-state index in [1.54, 1.807) is 0 Å². The molecule has 0 spiro atoms. The number of fused-ring (bicyclic) bond motifs is 12. The zero-order chi connectivity index (χ0) is 48.3. The van der Waals surface area contributed by atoms with Gasteiger partial charge in [-0.2, -0.15) is 0 Å². The van der Waals surface area contributed by atoms with Crippen LogP contribution in [-0.2, 0) is 16.2 Å². The van der Waals surface area contributed by atoms with Crippen LogP contribution in [0.3, 0.4) is 0 Å². The first-order chi connectivity index (χ1) is 33.5. The minimum absolute atomic E-state index is 0.0138.